The highest BCUT2D eigenvalue weighted by Gasteiger charge is 2.14. The molecule has 0 saturated heterocycles. The highest BCUT2D eigenvalue weighted by Crippen LogP contribution is 2.18. The van der Waals surface area contributed by atoms with Crippen molar-refractivity contribution < 1.29 is 4.92 Å². The van der Waals surface area contributed by atoms with E-state index in [1.165, 1.54) is 0 Å². The van der Waals surface area contributed by atoms with Crippen LogP contribution >= 0.6 is 15.9 Å². The minimum Gasteiger partial charge on any atom is -0.264 e. The SMILES string of the molecule is CC(c1ccc(Br)cc1)[N+](=O)[O-]. The lowest BCUT2D eigenvalue weighted by atomic mass is 10.1. The average Bonchev–Trinajstić information content (AvgIpc) is 2.04. The molecule has 4 heteroatoms. The molecule has 0 aliphatic heterocycles. The largest absolute Gasteiger partial charge is 0.264 e. The van der Waals surface area contributed by atoms with E-state index >= 15 is 0 Å². The summed E-state index contributed by atoms with van der Waals surface area (Å²) in [5, 5.41) is 10.4. The summed E-state index contributed by atoms with van der Waals surface area (Å²) >= 11 is 3.26. The van der Waals surface area contributed by atoms with E-state index in [4.69, 9.17) is 0 Å². The summed E-state index contributed by atoms with van der Waals surface area (Å²) in [5.41, 5.74) is 0.725. The first-order valence-corrected chi connectivity index (χ1v) is 4.29. The number of nitrogens with zero attached hydrogens (tertiary/aromatic N) is 1. The van der Waals surface area contributed by atoms with Gasteiger partial charge in [0.2, 0.25) is 6.04 Å². The van der Waals surface area contributed by atoms with Crippen molar-refractivity contribution in [3.63, 3.8) is 0 Å². The van der Waals surface area contributed by atoms with Crippen molar-refractivity contribution in [2.75, 3.05) is 0 Å². The molecule has 0 amide bonds. The van der Waals surface area contributed by atoms with E-state index in [-0.39, 0.29) is 4.92 Å². The summed E-state index contributed by atoms with van der Waals surface area (Å²) in [7, 11) is 0. The fraction of sp³-hybridized carbons (Fsp3) is 0.250. The van der Waals surface area contributed by atoms with Crippen LogP contribution in [-0.4, -0.2) is 4.92 Å². The predicted molar refractivity (Wildman–Crippen MR) is 49.6 cm³/mol. The Balaban J connectivity index is 2.89. The molecule has 0 heterocycles. The van der Waals surface area contributed by atoms with Gasteiger partial charge in [-0.3, -0.25) is 10.1 Å². The van der Waals surface area contributed by atoms with Gasteiger partial charge < -0.3 is 0 Å². The van der Waals surface area contributed by atoms with Crippen LogP contribution < -0.4 is 0 Å². The molecular weight excluding hydrogens is 222 g/mol. The zero-order valence-electron chi connectivity index (χ0n) is 6.53. The lowest BCUT2D eigenvalue weighted by Crippen LogP contribution is -2.05. The van der Waals surface area contributed by atoms with Gasteiger partial charge in [-0.2, -0.15) is 0 Å². The molecular formula is C8H8BrNO2. The van der Waals surface area contributed by atoms with E-state index < -0.39 is 6.04 Å². The Morgan fingerprint density at radius 1 is 1.42 bits per heavy atom. The Labute approximate surface area is 78.7 Å². The van der Waals surface area contributed by atoms with Crippen molar-refractivity contribution in [3.05, 3.63) is 44.4 Å². The number of hydrogen-bond acceptors (Lipinski definition) is 2. The number of halogens is 1. The van der Waals surface area contributed by atoms with E-state index in [1.807, 2.05) is 0 Å². The molecule has 0 aliphatic rings. The second kappa shape index (κ2) is 3.67. The average molecular weight is 230 g/mol. The van der Waals surface area contributed by atoms with E-state index in [0.29, 0.717) is 0 Å². The molecule has 3 nitrogen and oxygen atoms in total. The van der Waals surface area contributed by atoms with Crippen LogP contribution in [0.25, 0.3) is 0 Å². The van der Waals surface area contributed by atoms with E-state index in [1.54, 1.807) is 31.2 Å². The second-order valence-electron chi connectivity index (χ2n) is 2.51. The predicted octanol–water partition coefficient (Wildman–Crippen LogP) is 2.79. The number of rotatable bonds is 2. The van der Waals surface area contributed by atoms with E-state index in [2.05, 4.69) is 15.9 Å². The van der Waals surface area contributed by atoms with Crippen LogP contribution in [0, 0.1) is 10.1 Å². The maximum atomic E-state index is 10.4. The minimum absolute atomic E-state index is 0.302. The maximum absolute atomic E-state index is 10.4. The second-order valence-corrected chi connectivity index (χ2v) is 3.43. The molecule has 1 atom stereocenters. The zero-order valence-corrected chi connectivity index (χ0v) is 8.11. The first-order chi connectivity index (χ1) is 5.61. The minimum atomic E-state index is -0.627. The normalized spacial score (nSPS) is 12.5. The molecule has 0 radical (unpaired) electrons. The Hall–Kier alpha value is -0.900. The van der Waals surface area contributed by atoms with Crippen LogP contribution in [0.2, 0.25) is 0 Å². The Morgan fingerprint density at radius 2 is 1.92 bits per heavy atom. The van der Waals surface area contributed by atoms with Crippen molar-refractivity contribution in [2.24, 2.45) is 0 Å². The highest BCUT2D eigenvalue weighted by molar-refractivity contribution is 9.10. The van der Waals surface area contributed by atoms with Crippen molar-refractivity contribution in [3.8, 4) is 0 Å². The van der Waals surface area contributed by atoms with Crippen LogP contribution in [0.4, 0.5) is 0 Å². The van der Waals surface area contributed by atoms with Crippen molar-refractivity contribution in [1.29, 1.82) is 0 Å². The van der Waals surface area contributed by atoms with Crippen molar-refractivity contribution in [1.82, 2.24) is 0 Å². The van der Waals surface area contributed by atoms with E-state index in [9.17, 15) is 10.1 Å². The third-order valence-corrected chi connectivity index (χ3v) is 2.20. The summed E-state index contributed by atoms with van der Waals surface area (Å²) in [6.45, 7) is 1.57. The van der Waals surface area contributed by atoms with Gasteiger partial charge in [0.05, 0.1) is 0 Å². The Bertz CT molecular complexity index is 284. The third-order valence-electron chi connectivity index (χ3n) is 1.67. The monoisotopic (exact) mass is 229 g/mol. The molecule has 0 aliphatic carbocycles. The Kier molecular flexibility index (Phi) is 2.81. The highest BCUT2D eigenvalue weighted by atomic mass is 79.9. The molecule has 0 aromatic heterocycles. The topological polar surface area (TPSA) is 43.1 Å². The fourth-order valence-corrected chi connectivity index (χ4v) is 1.13. The standard InChI is InChI=1S/C8H8BrNO2/c1-6(10(11)12)7-2-4-8(9)5-3-7/h2-6H,1H3. The summed E-state index contributed by atoms with van der Waals surface area (Å²) in [6.07, 6.45) is 0. The van der Waals surface area contributed by atoms with Gasteiger partial charge in [0.15, 0.2) is 0 Å². The smallest absolute Gasteiger partial charge is 0.235 e. The quantitative estimate of drug-likeness (QED) is 0.579. The van der Waals surface area contributed by atoms with E-state index in [0.717, 1.165) is 10.0 Å². The number of nitro groups is 1. The van der Waals surface area contributed by atoms with Gasteiger partial charge in [-0.15, -0.1) is 0 Å². The molecule has 12 heavy (non-hydrogen) atoms. The van der Waals surface area contributed by atoms with Gasteiger partial charge in [0.1, 0.15) is 0 Å². The van der Waals surface area contributed by atoms with Crippen molar-refractivity contribution >= 4 is 15.9 Å². The van der Waals surface area contributed by atoms with Crippen LogP contribution in [0.15, 0.2) is 28.7 Å². The molecule has 1 aromatic carbocycles. The van der Waals surface area contributed by atoms with Gasteiger partial charge in [0, 0.05) is 21.9 Å². The van der Waals surface area contributed by atoms with Crippen molar-refractivity contribution in [2.45, 2.75) is 13.0 Å². The van der Waals surface area contributed by atoms with Crippen LogP contribution in [0.3, 0.4) is 0 Å². The zero-order chi connectivity index (χ0) is 9.14. The first-order valence-electron chi connectivity index (χ1n) is 3.50. The molecule has 0 saturated carbocycles. The van der Waals surface area contributed by atoms with Gasteiger partial charge >= 0.3 is 0 Å². The number of benzene rings is 1. The van der Waals surface area contributed by atoms with Gasteiger partial charge in [-0.25, -0.2) is 0 Å². The third kappa shape index (κ3) is 2.04. The first kappa shape index (κ1) is 9.19. The fourth-order valence-electron chi connectivity index (χ4n) is 0.863. The molecule has 1 aromatic rings. The van der Waals surface area contributed by atoms with Gasteiger partial charge in [0.25, 0.3) is 0 Å². The summed E-state index contributed by atoms with van der Waals surface area (Å²) < 4.78 is 0.932. The molecule has 0 spiro atoms. The molecule has 1 rings (SSSR count). The molecule has 64 valence electrons. The lowest BCUT2D eigenvalue weighted by molar-refractivity contribution is -0.524. The molecule has 0 fully saturated rings. The summed E-state index contributed by atoms with van der Waals surface area (Å²) in [4.78, 5) is 10.1. The summed E-state index contributed by atoms with van der Waals surface area (Å²) in [5.74, 6) is 0. The molecule has 0 bridgehead atoms. The maximum Gasteiger partial charge on any atom is 0.235 e. The van der Waals surface area contributed by atoms with Gasteiger partial charge in [-0.05, 0) is 12.1 Å². The molecule has 0 N–H and O–H groups in total. The van der Waals surface area contributed by atoms with Crippen LogP contribution in [0.5, 0.6) is 0 Å². The number of hydrogen-bond donors (Lipinski definition) is 0. The molecule has 1 unspecified atom stereocenters. The van der Waals surface area contributed by atoms with Crippen LogP contribution in [0.1, 0.15) is 18.5 Å². The Morgan fingerprint density at radius 3 is 2.33 bits per heavy atom. The lowest BCUT2D eigenvalue weighted by Gasteiger charge is -2.02. The van der Waals surface area contributed by atoms with Gasteiger partial charge in [-0.1, -0.05) is 28.1 Å². The van der Waals surface area contributed by atoms with Crippen LogP contribution in [-0.2, 0) is 0 Å². The summed E-state index contributed by atoms with van der Waals surface area (Å²) in [6, 6.07) is 6.47.